The zero-order valence-electron chi connectivity index (χ0n) is 8.83. The van der Waals surface area contributed by atoms with E-state index >= 15 is 0 Å². The highest BCUT2D eigenvalue weighted by Crippen LogP contribution is 2.34. The third-order valence-corrected chi connectivity index (χ3v) is 2.95. The molecule has 1 heterocycles. The molecule has 1 fully saturated rings. The van der Waals surface area contributed by atoms with E-state index in [1.165, 1.54) is 0 Å². The normalized spacial score (nSPS) is 19.1. The van der Waals surface area contributed by atoms with Gasteiger partial charge in [-0.05, 0) is 12.8 Å². The fourth-order valence-electron chi connectivity index (χ4n) is 1.33. The molecule has 1 saturated heterocycles. The lowest BCUT2D eigenvalue weighted by Crippen LogP contribution is -2.43. The van der Waals surface area contributed by atoms with Gasteiger partial charge in [0.05, 0.1) is 0 Å². The van der Waals surface area contributed by atoms with E-state index in [4.69, 9.17) is 9.47 Å². The van der Waals surface area contributed by atoms with Crippen LogP contribution >= 0.6 is 0 Å². The second-order valence-electron chi connectivity index (χ2n) is 3.85. The summed E-state index contributed by atoms with van der Waals surface area (Å²) >= 11 is 0. The van der Waals surface area contributed by atoms with Crippen molar-refractivity contribution in [1.82, 2.24) is 0 Å². The minimum absolute atomic E-state index is 0.264. The molecule has 0 aromatic carbocycles. The Bertz CT molecular complexity index is 227. The van der Waals surface area contributed by atoms with E-state index in [0.717, 1.165) is 12.8 Å². The van der Waals surface area contributed by atoms with Crippen LogP contribution in [-0.2, 0) is 19.1 Å². The monoisotopic (exact) mass is 200 g/mol. The number of hydrogen-bond donors (Lipinski definition) is 0. The van der Waals surface area contributed by atoms with Crippen molar-refractivity contribution in [3.8, 4) is 0 Å². The van der Waals surface area contributed by atoms with Crippen molar-refractivity contribution < 1.29 is 19.1 Å². The Labute approximate surface area is 83.6 Å². The SMILES string of the molecule is CCC(C)(CC)C1OC(=O)CC(=O)O1. The topological polar surface area (TPSA) is 52.6 Å². The Hall–Kier alpha value is -1.06. The molecule has 4 heteroatoms. The molecule has 0 aliphatic carbocycles. The van der Waals surface area contributed by atoms with Gasteiger partial charge in [0.25, 0.3) is 6.29 Å². The molecule has 0 unspecified atom stereocenters. The van der Waals surface area contributed by atoms with E-state index < -0.39 is 18.2 Å². The number of cyclic esters (lactones) is 2. The molecule has 0 bridgehead atoms. The highest BCUT2D eigenvalue weighted by molar-refractivity contribution is 5.92. The van der Waals surface area contributed by atoms with E-state index in [-0.39, 0.29) is 11.8 Å². The van der Waals surface area contributed by atoms with Gasteiger partial charge in [-0.25, -0.2) is 0 Å². The summed E-state index contributed by atoms with van der Waals surface area (Å²) in [6.07, 6.45) is 0.620. The van der Waals surface area contributed by atoms with Crippen molar-refractivity contribution in [2.24, 2.45) is 5.41 Å². The maximum absolute atomic E-state index is 11.0. The molecule has 0 aromatic heterocycles. The van der Waals surface area contributed by atoms with Gasteiger partial charge < -0.3 is 9.47 Å². The molecule has 0 aromatic rings. The number of ether oxygens (including phenoxy) is 2. The highest BCUT2D eigenvalue weighted by atomic mass is 16.7. The first-order valence-electron chi connectivity index (χ1n) is 4.91. The van der Waals surface area contributed by atoms with Gasteiger partial charge >= 0.3 is 11.9 Å². The van der Waals surface area contributed by atoms with E-state index in [0.29, 0.717) is 0 Å². The van der Waals surface area contributed by atoms with E-state index in [1.54, 1.807) is 0 Å². The average Bonchev–Trinajstić information content (AvgIpc) is 2.15. The highest BCUT2D eigenvalue weighted by Gasteiger charge is 2.40. The summed E-state index contributed by atoms with van der Waals surface area (Å²) in [6, 6.07) is 0. The van der Waals surface area contributed by atoms with Gasteiger partial charge in [-0.2, -0.15) is 0 Å². The Morgan fingerprint density at radius 2 is 1.64 bits per heavy atom. The van der Waals surface area contributed by atoms with Crippen molar-refractivity contribution in [2.45, 2.75) is 46.3 Å². The molecular formula is C10H16O4. The van der Waals surface area contributed by atoms with Crippen molar-refractivity contribution >= 4 is 11.9 Å². The maximum atomic E-state index is 11.0. The average molecular weight is 200 g/mol. The van der Waals surface area contributed by atoms with Crippen LogP contribution in [0.2, 0.25) is 0 Å². The molecule has 1 rings (SSSR count). The number of carbonyl (C=O) groups is 2. The van der Waals surface area contributed by atoms with E-state index in [2.05, 4.69) is 0 Å². The summed E-state index contributed by atoms with van der Waals surface area (Å²) in [5, 5.41) is 0. The van der Waals surface area contributed by atoms with Crippen LogP contribution in [0.4, 0.5) is 0 Å². The maximum Gasteiger partial charge on any atom is 0.320 e. The van der Waals surface area contributed by atoms with Crippen molar-refractivity contribution in [3.63, 3.8) is 0 Å². The molecule has 4 nitrogen and oxygen atoms in total. The molecule has 0 amide bonds. The lowest BCUT2D eigenvalue weighted by atomic mass is 9.83. The number of carbonyl (C=O) groups excluding carboxylic acids is 2. The van der Waals surface area contributed by atoms with Gasteiger partial charge in [-0.3, -0.25) is 9.59 Å². The lowest BCUT2D eigenvalue weighted by molar-refractivity contribution is -0.227. The summed E-state index contributed by atoms with van der Waals surface area (Å²) in [4.78, 5) is 22.1. The predicted octanol–water partition coefficient (Wildman–Crippen LogP) is 1.63. The van der Waals surface area contributed by atoms with Gasteiger partial charge in [-0.1, -0.05) is 20.8 Å². The standard InChI is InChI=1S/C10H16O4/c1-4-10(3,5-2)9-13-7(11)6-8(12)14-9/h9H,4-6H2,1-3H3. The van der Waals surface area contributed by atoms with Crippen LogP contribution in [0.25, 0.3) is 0 Å². The van der Waals surface area contributed by atoms with Gasteiger partial charge in [0.1, 0.15) is 6.42 Å². The molecule has 0 N–H and O–H groups in total. The molecule has 0 spiro atoms. The molecule has 80 valence electrons. The Balaban J connectivity index is 2.76. The first-order valence-corrected chi connectivity index (χ1v) is 4.91. The molecule has 0 atom stereocenters. The van der Waals surface area contributed by atoms with Crippen LogP contribution in [0.15, 0.2) is 0 Å². The van der Waals surface area contributed by atoms with Crippen LogP contribution in [0.5, 0.6) is 0 Å². The van der Waals surface area contributed by atoms with Crippen LogP contribution in [0, 0.1) is 5.41 Å². The first kappa shape index (κ1) is 11.0. The number of esters is 2. The summed E-state index contributed by atoms with van der Waals surface area (Å²) < 4.78 is 10.0. The third-order valence-electron chi connectivity index (χ3n) is 2.95. The second kappa shape index (κ2) is 3.98. The first-order chi connectivity index (χ1) is 6.51. The molecule has 1 aliphatic heterocycles. The fourth-order valence-corrected chi connectivity index (χ4v) is 1.33. The predicted molar refractivity (Wildman–Crippen MR) is 49.3 cm³/mol. The summed E-state index contributed by atoms with van der Waals surface area (Å²) in [6.45, 7) is 5.92. The van der Waals surface area contributed by atoms with Crippen LogP contribution in [-0.4, -0.2) is 18.2 Å². The van der Waals surface area contributed by atoms with Crippen molar-refractivity contribution in [2.75, 3.05) is 0 Å². The van der Waals surface area contributed by atoms with Gasteiger partial charge in [0, 0.05) is 5.41 Å². The molecule has 1 aliphatic rings. The molecule has 0 saturated carbocycles. The minimum atomic E-state index is -0.716. The zero-order chi connectivity index (χ0) is 10.8. The zero-order valence-corrected chi connectivity index (χ0v) is 8.83. The van der Waals surface area contributed by atoms with Crippen LogP contribution < -0.4 is 0 Å². The Morgan fingerprint density at radius 3 is 2.00 bits per heavy atom. The van der Waals surface area contributed by atoms with Crippen molar-refractivity contribution in [1.29, 1.82) is 0 Å². The largest absolute Gasteiger partial charge is 0.424 e. The van der Waals surface area contributed by atoms with E-state index in [9.17, 15) is 9.59 Å². The summed E-state index contributed by atoms with van der Waals surface area (Å²) in [5.74, 6) is -0.973. The molecule has 0 radical (unpaired) electrons. The third kappa shape index (κ3) is 2.05. The second-order valence-corrected chi connectivity index (χ2v) is 3.85. The van der Waals surface area contributed by atoms with Gasteiger partial charge in [0.15, 0.2) is 0 Å². The summed E-state index contributed by atoms with van der Waals surface area (Å²) in [5.41, 5.74) is -0.272. The van der Waals surface area contributed by atoms with Gasteiger partial charge in [0.2, 0.25) is 0 Å². The summed E-state index contributed by atoms with van der Waals surface area (Å²) in [7, 11) is 0. The molecular weight excluding hydrogens is 184 g/mol. The number of rotatable bonds is 3. The lowest BCUT2D eigenvalue weighted by Gasteiger charge is -2.36. The quantitative estimate of drug-likeness (QED) is 0.513. The van der Waals surface area contributed by atoms with E-state index in [1.807, 2.05) is 20.8 Å². The van der Waals surface area contributed by atoms with Crippen molar-refractivity contribution in [3.05, 3.63) is 0 Å². The van der Waals surface area contributed by atoms with Crippen LogP contribution in [0.1, 0.15) is 40.0 Å². The fraction of sp³-hybridized carbons (Fsp3) is 0.800. The smallest absolute Gasteiger partial charge is 0.320 e. The Morgan fingerprint density at radius 1 is 1.21 bits per heavy atom. The minimum Gasteiger partial charge on any atom is -0.424 e. The van der Waals surface area contributed by atoms with Crippen LogP contribution in [0.3, 0.4) is 0 Å². The van der Waals surface area contributed by atoms with Gasteiger partial charge in [-0.15, -0.1) is 0 Å². The number of hydrogen-bond acceptors (Lipinski definition) is 4. The Kier molecular flexibility index (Phi) is 3.13. The molecule has 14 heavy (non-hydrogen) atoms.